The highest BCUT2D eigenvalue weighted by Crippen LogP contribution is 2.43. The maximum absolute atomic E-state index is 12.6. The Morgan fingerprint density at radius 2 is 2.10 bits per heavy atom. The van der Waals surface area contributed by atoms with Gasteiger partial charge in [0, 0.05) is 24.8 Å². The molecule has 0 saturated heterocycles. The normalized spacial score (nSPS) is 23.4. The number of carbonyl (C=O) groups excluding carboxylic acids is 1. The van der Waals surface area contributed by atoms with Crippen LogP contribution in [0.25, 0.3) is 0 Å². The minimum absolute atomic E-state index is 0.0511. The Balaban J connectivity index is 1.86. The molecule has 3 heterocycles. The molecule has 1 aromatic carbocycles. The number of benzene rings is 1. The summed E-state index contributed by atoms with van der Waals surface area (Å²) in [7, 11) is 0. The molecule has 20 heavy (non-hydrogen) atoms. The molecule has 0 N–H and O–H groups in total. The first-order valence-corrected chi connectivity index (χ1v) is 7.03. The molecule has 0 fully saturated rings. The van der Waals surface area contributed by atoms with Crippen LogP contribution in [0.2, 0.25) is 0 Å². The van der Waals surface area contributed by atoms with E-state index < -0.39 is 0 Å². The van der Waals surface area contributed by atoms with Crippen molar-refractivity contribution in [1.82, 2.24) is 4.68 Å². The standard InChI is InChI=1S/C16H16N2O2/c1-2-20-15-10-14-11-6-3-4-7-12(11)16(19)18(14)17-9-5-8-13(15)17/h3-9,14-15H,2,10H2,1H3/t14-,15+/m1/s1. The Labute approximate surface area is 117 Å². The third kappa shape index (κ3) is 1.42. The molecule has 0 bridgehead atoms. The molecule has 4 heteroatoms. The molecule has 2 atom stereocenters. The van der Waals surface area contributed by atoms with Crippen molar-refractivity contribution in [2.75, 3.05) is 11.6 Å². The minimum Gasteiger partial charge on any atom is -0.372 e. The maximum Gasteiger partial charge on any atom is 0.273 e. The predicted octanol–water partition coefficient (Wildman–Crippen LogP) is 2.80. The van der Waals surface area contributed by atoms with Gasteiger partial charge in [-0.25, -0.2) is 5.01 Å². The topological polar surface area (TPSA) is 34.5 Å². The molecule has 0 radical (unpaired) electrons. The SMILES string of the molecule is CCO[C@H]1C[C@@H]2c3ccccc3C(=O)N2n2cccc21. The van der Waals surface area contributed by atoms with Gasteiger partial charge < -0.3 is 4.74 Å². The predicted molar refractivity (Wildman–Crippen MR) is 75.1 cm³/mol. The monoisotopic (exact) mass is 268 g/mol. The number of nitrogens with zero attached hydrogens (tertiary/aromatic N) is 2. The van der Waals surface area contributed by atoms with Gasteiger partial charge in [-0.1, -0.05) is 18.2 Å². The number of rotatable bonds is 2. The summed E-state index contributed by atoms with van der Waals surface area (Å²) in [5, 5.41) is 1.86. The van der Waals surface area contributed by atoms with Crippen LogP contribution in [0.3, 0.4) is 0 Å². The van der Waals surface area contributed by atoms with E-state index in [0.29, 0.717) is 6.61 Å². The second kappa shape index (κ2) is 4.21. The molecule has 2 aromatic rings. The highest BCUT2D eigenvalue weighted by atomic mass is 16.5. The van der Waals surface area contributed by atoms with Crippen LogP contribution in [0, 0.1) is 0 Å². The average Bonchev–Trinajstić information content (AvgIpc) is 3.04. The van der Waals surface area contributed by atoms with E-state index in [-0.39, 0.29) is 18.1 Å². The summed E-state index contributed by atoms with van der Waals surface area (Å²) in [6.45, 7) is 2.69. The summed E-state index contributed by atoms with van der Waals surface area (Å²) >= 11 is 0. The summed E-state index contributed by atoms with van der Waals surface area (Å²) in [6.07, 6.45) is 2.81. The number of aromatic nitrogens is 1. The van der Waals surface area contributed by atoms with Gasteiger partial charge in [-0.15, -0.1) is 0 Å². The largest absolute Gasteiger partial charge is 0.372 e. The molecular formula is C16H16N2O2. The second-order valence-electron chi connectivity index (χ2n) is 5.21. The van der Waals surface area contributed by atoms with E-state index in [1.54, 1.807) is 0 Å². The zero-order valence-electron chi connectivity index (χ0n) is 11.3. The molecule has 102 valence electrons. The van der Waals surface area contributed by atoms with E-state index in [4.69, 9.17) is 4.74 Å². The first kappa shape index (κ1) is 11.7. The lowest BCUT2D eigenvalue weighted by atomic mass is 9.97. The third-order valence-electron chi connectivity index (χ3n) is 4.18. The van der Waals surface area contributed by atoms with E-state index in [1.165, 1.54) is 0 Å². The van der Waals surface area contributed by atoms with Crippen LogP contribution in [0.15, 0.2) is 42.6 Å². The van der Waals surface area contributed by atoms with Gasteiger partial charge >= 0.3 is 0 Å². The van der Waals surface area contributed by atoms with E-state index >= 15 is 0 Å². The van der Waals surface area contributed by atoms with Crippen molar-refractivity contribution in [2.24, 2.45) is 0 Å². The number of hydrogen-bond acceptors (Lipinski definition) is 2. The fourth-order valence-electron chi connectivity index (χ4n) is 3.37. The molecule has 2 aliphatic rings. The Bertz CT molecular complexity index is 677. The first-order chi connectivity index (χ1) is 9.81. The van der Waals surface area contributed by atoms with Crippen molar-refractivity contribution in [3.8, 4) is 0 Å². The number of amides is 1. The number of carbonyl (C=O) groups is 1. The average molecular weight is 268 g/mol. The molecule has 4 rings (SSSR count). The van der Waals surface area contributed by atoms with Gasteiger partial charge in [0.2, 0.25) is 0 Å². The van der Waals surface area contributed by atoms with Gasteiger partial charge in [-0.2, -0.15) is 0 Å². The molecule has 0 saturated carbocycles. The van der Waals surface area contributed by atoms with Crippen LogP contribution in [-0.2, 0) is 4.74 Å². The second-order valence-corrected chi connectivity index (χ2v) is 5.21. The summed E-state index contributed by atoms with van der Waals surface area (Å²) in [5.41, 5.74) is 2.99. The molecule has 0 aliphatic carbocycles. The summed E-state index contributed by atoms with van der Waals surface area (Å²) in [5.74, 6) is 0.0815. The first-order valence-electron chi connectivity index (χ1n) is 7.03. The summed E-state index contributed by atoms with van der Waals surface area (Å²) < 4.78 is 7.82. The Morgan fingerprint density at radius 3 is 2.95 bits per heavy atom. The lowest BCUT2D eigenvalue weighted by molar-refractivity contribution is 0.0333. The molecule has 1 amide bonds. The number of fused-ring (bicyclic) bond motifs is 5. The zero-order valence-corrected chi connectivity index (χ0v) is 11.3. The highest BCUT2D eigenvalue weighted by molar-refractivity contribution is 6.06. The molecular weight excluding hydrogens is 252 g/mol. The van der Waals surface area contributed by atoms with E-state index in [0.717, 1.165) is 23.2 Å². The van der Waals surface area contributed by atoms with Gasteiger partial charge in [-0.3, -0.25) is 9.47 Å². The third-order valence-corrected chi connectivity index (χ3v) is 4.18. The van der Waals surface area contributed by atoms with Crippen molar-refractivity contribution in [3.05, 3.63) is 59.4 Å². The van der Waals surface area contributed by atoms with Crippen LogP contribution < -0.4 is 5.01 Å². The Kier molecular flexibility index (Phi) is 2.47. The molecule has 0 unspecified atom stereocenters. The lowest BCUT2D eigenvalue weighted by Gasteiger charge is -2.36. The molecule has 2 aliphatic heterocycles. The molecule has 0 spiro atoms. The summed E-state index contributed by atoms with van der Waals surface area (Å²) in [6, 6.07) is 12.0. The fraction of sp³-hybridized carbons (Fsp3) is 0.312. The van der Waals surface area contributed by atoms with Crippen LogP contribution in [0.4, 0.5) is 0 Å². The van der Waals surface area contributed by atoms with Crippen LogP contribution in [0.1, 0.15) is 47.1 Å². The smallest absolute Gasteiger partial charge is 0.273 e. The number of ether oxygens (including phenoxy) is 1. The maximum atomic E-state index is 12.6. The quantitative estimate of drug-likeness (QED) is 0.839. The Hall–Kier alpha value is -2.07. The van der Waals surface area contributed by atoms with Crippen molar-refractivity contribution in [1.29, 1.82) is 0 Å². The lowest BCUT2D eigenvalue weighted by Crippen LogP contribution is -2.43. The Morgan fingerprint density at radius 1 is 1.25 bits per heavy atom. The van der Waals surface area contributed by atoms with Gasteiger partial charge in [0.25, 0.3) is 5.91 Å². The van der Waals surface area contributed by atoms with Gasteiger partial charge in [0.1, 0.15) is 6.10 Å². The molecule has 1 aromatic heterocycles. The zero-order chi connectivity index (χ0) is 13.7. The van der Waals surface area contributed by atoms with E-state index in [2.05, 4.69) is 6.07 Å². The van der Waals surface area contributed by atoms with Crippen LogP contribution in [-0.4, -0.2) is 17.2 Å². The van der Waals surface area contributed by atoms with Gasteiger partial charge in [-0.05, 0) is 30.7 Å². The fourth-order valence-corrected chi connectivity index (χ4v) is 3.37. The number of hydrogen-bond donors (Lipinski definition) is 0. The van der Waals surface area contributed by atoms with Gasteiger partial charge in [0.05, 0.1) is 11.7 Å². The van der Waals surface area contributed by atoms with Crippen molar-refractivity contribution < 1.29 is 9.53 Å². The van der Waals surface area contributed by atoms with E-state index in [9.17, 15) is 4.79 Å². The van der Waals surface area contributed by atoms with Crippen molar-refractivity contribution >= 4 is 5.91 Å². The van der Waals surface area contributed by atoms with Crippen LogP contribution >= 0.6 is 0 Å². The van der Waals surface area contributed by atoms with Gasteiger partial charge in [0.15, 0.2) is 0 Å². The summed E-state index contributed by atoms with van der Waals surface area (Å²) in [4.78, 5) is 12.6. The van der Waals surface area contributed by atoms with E-state index in [1.807, 2.05) is 53.1 Å². The molecule has 4 nitrogen and oxygen atoms in total. The van der Waals surface area contributed by atoms with Crippen LogP contribution in [0.5, 0.6) is 0 Å². The highest BCUT2D eigenvalue weighted by Gasteiger charge is 2.43. The van der Waals surface area contributed by atoms with Crippen molar-refractivity contribution in [2.45, 2.75) is 25.5 Å². The minimum atomic E-state index is 0.0511. The van der Waals surface area contributed by atoms with Crippen molar-refractivity contribution in [3.63, 3.8) is 0 Å².